The summed E-state index contributed by atoms with van der Waals surface area (Å²) < 4.78 is 6.98. The molecule has 58 heavy (non-hydrogen) atoms. The van der Waals surface area contributed by atoms with Crippen molar-refractivity contribution in [1.82, 2.24) is 20.9 Å². The molecule has 11 heteroatoms. The van der Waals surface area contributed by atoms with E-state index in [0.717, 1.165) is 21.5 Å². The molecule has 0 saturated carbocycles. The summed E-state index contributed by atoms with van der Waals surface area (Å²) in [5.41, 5.74) is 0.430. The summed E-state index contributed by atoms with van der Waals surface area (Å²) in [6, 6.07) is 25.3. The fourth-order valence-electron chi connectivity index (χ4n) is 8.04. The molecule has 5 rings (SSSR count). The Hall–Kier alpha value is -5.13. The zero-order valence-corrected chi connectivity index (χ0v) is 35.9. The number of carbonyl (C=O) groups is 5. The molecule has 2 aliphatic heterocycles. The fourth-order valence-corrected chi connectivity index (χ4v) is 12.7. The Morgan fingerprint density at radius 3 is 2.12 bits per heavy atom. The fraction of sp³-hybridized carbons (Fsp3) is 0.426. The minimum atomic E-state index is -2.94. The monoisotopic (exact) mass is 804 g/mol. The number of rotatable bonds is 14. The summed E-state index contributed by atoms with van der Waals surface area (Å²) in [4.78, 5) is 70.9. The standard InChI is InChI=1S/C47H60N4O6Si/c1-8-34-27-29-35(30-28-34)32-39-44(55)51-31-19-25-40(51)43(54)48-38(42(53)50-47(7,9-2)45(56)49-39)24-17-12-18-26-41(52)33(3)57-58(46(4,5)6,36-20-13-10-14-21-36)37-22-15-11-16-23-37/h8,10-11,13-16,18,20-23,26-30,33,38-40H,1,9,12,17,19,24-25,31-32H2,2-7H3,(H,48,54)(H,49,56)(H,50,53)/b26-18+/t33-,38-,39-,40+,47-/m0/s1. The van der Waals surface area contributed by atoms with Crippen LogP contribution in [0.5, 0.6) is 0 Å². The number of hydrogen-bond acceptors (Lipinski definition) is 6. The third-order valence-corrected chi connectivity index (χ3v) is 16.8. The zero-order valence-electron chi connectivity index (χ0n) is 34.9. The number of ketones is 1. The number of benzene rings is 3. The van der Waals surface area contributed by atoms with Gasteiger partial charge in [0.25, 0.3) is 8.32 Å². The lowest BCUT2D eigenvalue weighted by Crippen LogP contribution is -2.68. The second-order valence-corrected chi connectivity index (χ2v) is 21.0. The van der Waals surface area contributed by atoms with Crippen molar-refractivity contribution in [1.29, 1.82) is 0 Å². The number of unbranched alkanes of at least 4 members (excludes halogenated alkanes) is 1. The second kappa shape index (κ2) is 19.1. The minimum absolute atomic E-state index is 0.159. The van der Waals surface area contributed by atoms with E-state index in [1.807, 2.05) is 60.7 Å². The van der Waals surface area contributed by atoms with Crippen LogP contribution in [0.1, 0.15) is 91.2 Å². The summed E-state index contributed by atoms with van der Waals surface area (Å²) in [7, 11) is -2.94. The topological polar surface area (TPSA) is 134 Å². The summed E-state index contributed by atoms with van der Waals surface area (Å²) in [5.74, 6) is -1.84. The maximum atomic E-state index is 14.1. The molecular formula is C47H60N4O6Si. The van der Waals surface area contributed by atoms with E-state index in [1.54, 1.807) is 43.9 Å². The first-order valence-corrected chi connectivity index (χ1v) is 22.5. The third kappa shape index (κ3) is 9.93. The minimum Gasteiger partial charge on any atom is -0.397 e. The number of nitrogens with zero attached hydrogens (tertiary/aromatic N) is 1. The quantitative estimate of drug-likeness (QED) is 0.114. The maximum absolute atomic E-state index is 14.1. The van der Waals surface area contributed by atoms with Crippen molar-refractivity contribution in [3.8, 4) is 0 Å². The Balaban J connectivity index is 1.29. The van der Waals surface area contributed by atoms with Gasteiger partial charge < -0.3 is 25.3 Å². The highest BCUT2D eigenvalue weighted by molar-refractivity contribution is 6.99. The predicted octanol–water partition coefficient (Wildman–Crippen LogP) is 5.39. The highest BCUT2D eigenvalue weighted by Gasteiger charge is 2.51. The van der Waals surface area contributed by atoms with E-state index in [0.29, 0.717) is 32.2 Å². The van der Waals surface area contributed by atoms with Crippen LogP contribution in [0.15, 0.2) is 104 Å². The summed E-state index contributed by atoms with van der Waals surface area (Å²) in [5, 5.41) is 10.7. The van der Waals surface area contributed by atoms with Gasteiger partial charge in [0, 0.05) is 13.0 Å². The molecule has 0 aliphatic carbocycles. The normalized spacial score (nSPS) is 22.6. The number of carbonyl (C=O) groups excluding carboxylic acids is 5. The van der Waals surface area contributed by atoms with Crippen LogP contribution >= 0.6 is 0 Å². The SMILES string of the molecule is C=Cc1ccc(C[C@@H]2NC(=O)[C@](C)(CC)NC(=O)[C@H](CCC/C=C/C(=O)[C@H](C)O[Si](c3ccccc3)(c3ccccc3)C(C)(C)C)NC(=O)[C@H]3CCCN3C2=O)cc1. The van der Waals surface area contributed by atoms with Crippen LogP contribution in [0.25, 0.3) is 6.08 Å². The smallest absolute Gasteiger partial charge is 0.262 e. The van der Waals surface area contributed by atoms with Crippen molar-refractivity contribution < 1.29 is 28.4 Å². The van der Waals surface area contributed by atoms with Crippen molar-refractivity contribution in [2.45, 2.75) is 121 Å². The Morgan fingerprint density at radius 1 is 0.931 bits per heavy atom. The molecule has 2 aliphatic rings. The lowest BCUT2D eigenvalue weighted by molar-refractivity contribution is -0.144. The number of nitrogens with one attached hydrogen (secondary N) is 3. The first-order valence-electron chi connectivity index (χ1n) is 20.6. The van der Waals surface area contributed by atoms with Gasteiger partial charge in [-0.2, -0.15) is 0 Å². The average Bonchev–Trinajstić information content (AvgIpc) is 3.72. The van der Waals surface area contributed by atoms with Crippen LogP contribution < -0.4 is 26.3 Å². The molecule has 5 atom stereocenters. The van der Waals surface area contributed by atoms with Gasteiger partial charge in [-0.15, -0.1) is 0 Å². The third-order valence-electron chi connectivity index (χ3n) is 11.7. The molecule has 3 aromatic carbocycles. The van der Waals surface area contributed by atoms with Crippen LogP contribution in [0, 0.1) is 0 Å². The number of fused-ring (bicyclic) bond motifs is 1. The van der Waals surface area contributed by atoms with E-state index in [4.69, 9.17) is 4.43 Å². The average molecular weight is 805 g/mol. The maximum Gasteiger partial charge on any atom is 0.262 e. The van der Waals surface area contributed by atoms with E-state index in [1.165, 1.54) is 0 Å². The van der Waals surface area contributed by atoms with Gasteiger partial charge in [-0.25, -0.2) is 0 Å². The largest absolute Gasteiger partial charge is 0.397 e. The lowest BCUT2D eigenvalue weighted by Gasteiger charge is -2.44. The Bertz CT molecular complexity index is 1920. The van der Waals surface area contributed by atoms with E-state index in [-0.39, 0.29) is 36.0 Å². The molecule has 0 spiro atoms. The van der Waals surface area contributed by atoms with E-state index < -0.39 is 55.8 Å². The van der Waals surface area contributed by atoms with E-state index in [9.17, 15) is 24.0 Å². The van der Waals surface area contributed by atoms with Crippen molar-refractivity contribution >= 4 is 54.2 Å². The van der Waals surface area contributed by atoms with Crippen LogP contribution in [0.4, 0.5) is 0 Å². The summed E-state index contributed by atoms with van der Waals surface area (Å²) >= 11 is 0. The second-order valence-electron chi connectivity index (χ2n) is 16.8. The van der Waals surface area contributed by atoms with Gasteiger partial charge in [0.05, 0.1) is 0 Å². The van der Waals surface area contributed by atoms with Crippen LogP contribution in [-0.4, -0.2) is 78.9 Å². The van der Waals surface area contributed by atoms with Gasteiger partial charge in [0.2, 0.25) is 23.6 Å². The molecule has 3 aromatic rings. The summed E-state index contributed by atoms with van der Waals surface area (Å²) in [6.45, 7) is 15.9. The molecule has 0 radical (unpaired) electrons. The molecule has 2 saturated heterocycles. The van der Waals surface area contributed by atoms with Crippen molar-refractivity contribution in [2.24, 2.45) is 0 Å². The van der Waals surface area contributed by atoms with Crippen LogP contribution in [0.2, 0.25) is 5.04 Å². The molecule has 10 nitrogen and oxygen atoms in total. The molecule has 0 aromatic heterocycles. The Morgan fingerprint density at radius 2 is 1.55 bits per heavy atom. The molecule has 0 unspecified atom stereocenters. The first kappa shape index (κ1) is 44.0. The van der Waals surface area contributed by atoms with Crippen molar-refractivity contribution in [3.05, 3.63) is 115 Å². The van der Waals surface area contributed by atoms with E-state index >= 15 is 0 Å². The van der Waals surface area contributed by atoms with Gasteiger partial charge >= 0.3 is 0 Å². The molecule has 2 heterocycles. The van der Waals surface area contributed by atoms with Gasteiger partial charge in [0.1, 0.15) is 29.8 Å². The van der Waals surface area contributed by atoms with Crippen LogP contribution in [-0.2, 0) is 34.8 Å². The molecule has 308 valence electrons. The van der Waals surface area contributed by atoms with Gasteiger partial charge in [-0.3, -0.25) is 24.0 Å². The molecule has 4 amide bonds. The highest BCUT2D eigenvalue weighted by Crippen LogP contribution is 2.37. The molecule has 0 bridgehead atoms. The number of allylic oxidation sites excluding steroid dienone is 1. The van der Waals surface area contributed by atoms with Crippen molar-refractivity contribution in [2.75, 3.05) is 6.54 Å². The van der Waals surface area contributed by atoms with Gasteiger partial charge in [0.15, 0.2) is 5.78 Å². The Labute approximate surface area is 345 Å². The molecule has 2 fully saturated rings. The Kier molecular flexibility index (Phi) is 14.5. The number of amides is 4. The number of hydrogen-bond donors (Lipinski definition) is 3. The highest BCUT2D eigenvalue weighted by atomic mass is 28.4. The van der Waals surface area contributed by atoms with E-state index in [2.05, 4.69) is 67.6 Å². The zero-order chi connectivity index (χ0) is 42.1. The molecular weight excluding hydrogens is 745 g/mol. The lowest BCUT2D eigenvalue weighted by atomic mass is 9.94. The first-order chi connectivity index (χ1) is 27.6. The van der Waals surface area contributed by atoms with Crippen LogP contribution in [0.3, 0.4) is 0 Å². The van der Waals surface area contributed by atoms with Crippen molar-refractivity contribution in [3.63, 3.8) is 0 Å². The summed E-state index contributed by atoms with van der Waals surface area (Å²) in [6.07, 6.45) is 7.10. The molecule has 3 N–H and O–H groups in total. The van der Waals surface area contributed by atoms with Gasteiger partial charge in [-0.05, 0) is 85.0 Å². The van der Waals surface area contributed by atoms with Gasteiger partial charge in [-0.1, -0.05) is 131 Å². The predicted molar refractivity (Wildman–Crippen MR) is 232 cm³/mol.